The molecular weight excluding hydrogens is 322 g/mol. The number of aromatic nitrogens is 2. The summed E-state index contributed by atoms with van der Waals surface area (Å²) >= 11 is 0. The highest BCUT2D eigenvalue weighted by Gasteiger charge is 2.26. The maximum atomic E-state index is 11.9. The molecule has 0 aliphatic carbocycles. The van der Waals surface area contributed by atoms with Crippen molar-refractivity contribution in [1.82, 2.24) is 15.1 Å². The molecule has 9 heteroatoms. The zero-order chi connectivity index (χ0) is 17.8. The maximum absolute atomic E-state index is 11.9. The number of ether oxygens (including phenoxy) is 2. The number of nitrogens with zero attached hydrogens (tertiary/aromatic N) is 2. The van der Waals surface area contributed by atoms with E-state index in [2.05, 4.69) is 10.4 Å². The Morgan fingerprint density at radius 1 is 1.43 bits per heavy atom. The van der Waals surface area contributed by atoms with Gasteiger partial charge < -0.3 is 14.8 Å². The number of hydrogen-bond donors (Lipinski definition) is 1. The van der Waals surface area contributed by atoms with Gasteiger partial charge in [0.25, 0.3) is 0 Å². The molecule has 8 nitrogen and oxygen atoms in total. The third kappa shape index (κ3) is 6.01. The van der Waals surface area contributed by atoms with Gasteiger partial charge in [0.2, 0.25) is 0 Å². The third-order valence-electron chi connectivity index (χ3n) is 2.77. The molecule has 1 unspecified atom stereocenters. The lowest BCUT2D eigenvalue weighted by atomic mass is 10.1. The van der Waals surface area contributed by atoms with Gasteiger partial charge in [-0.1, -0.05) is 0 Å². The summed E-state index contributed by atoms with van der Waals surface area (Å²) in [6.45, 7) is 5.17. The highest BCUT2D eigenvalue weighted by atomic mass is 32.2. The molecular formula is C14H23N3O5S. The summed E-state index contributed by atoms with van der Waals surface area (Å²) in [5.41, 5.74) is -0.161. The molecule has 0 aromatic carbocycles. The van der Waals surface area contributed by atoms with Crippen LogP contribution >= 0.6 is 0 Å². The van der Waals surface area contributed by atoms with Crippen LogP contribution in [0.4, 0.5) is 4.79 Å². The monoisotopic (exact) mass is 345 g/mol. The van der Waals surface area contributed by atoms with E-state index in [4.69, 9.17) is 9.47 Å². The van der Waals surface area contributed by atoms with Crippen LogP contribution in [-0.2, 0) is 38.5 Å². The van der Waals surface area contributed by atoms with Crippen LogP contribution in [0.2, 0.25) is 0 Å². The maximum Gasteiger partial charge on any atom is 0.408 e. The number of aryl methyl sites for hydroxylation is 1. The van der Waals surface area contributed by atoms with Crippen LogP contribution in [0, 0.1) is 0 Å². The quantitative estimate of drug-likeness (QED) is 0.791. The molecule has 0 saturated carbocycles. The normalized spacial score (nSPS) is 14.0. The summed E-state index contributed by atoms with van der Waals surface area (Å²) in [7, 11) is 1.70. The topological polar surface area (TPSA) is 99.5 Å². The standard InChI is InChI=1S/C14H23N3O5S/c1-14(2,3)22-13(19)15-10(12(18)21-5)7-9-8-11(23(6)20)17(4)16-9/h8,10H,7H2,1-6H3,(H,15,19)/t10?,23-/m0/s1. The molecule has 0 aliphatic heterocycles. The Balaban J connectivity index is 2.87. The fourth-order valence-electron chi connectivity index (χ4n) is 1.87. The average molecular weight is 345 g/mol. The minimum Gasteiger partial charge on any atom is -0.467 e. The Labute approximate surface area is 138 Å². The summed E-state index contributed by atoms with van der Waals surface area (Å²) in [5.74, 6) is -0.610. The molecule has 1 aromatic heterocycles. The van der Waals surface area contributed by atoms with E-state index in [-0.39, 0.29) is 6.42 Å². The van der Waals surface area contributed by atoms with Gasteiger partial charge >= 0.3 is 12.1 Å². The van der Waals surface area contributed by atoms with Crippen LogP contribution in [-0.4, -0.2) is 51.1 Å². The highest BCUT2D eigenvalue weighted by molar-refractivity contribution is 7.84. The minimum absolute atomic E-state index is 0.108. The molecule has 0 bridgehead atoms. The molecule has 130 valence electrons. The van der Waals surface area contributed by atoms with Crippen molar-refractivity contribution in [3.63, 3.8) is 0 Å². The van der Waals surface area contributed by atoms with E-state index in [0.29, 0.717) is 10.7 Å². The number of methoxy groups -OCH3 is 1. The fraction of sp³-hybridized carbons (Fsp3) is 0.643. The van der Waals surface area contributed by atoms with Gasteiger partial charge in [-0.05, 0) is 26.8 Å². The first kappa shape index (κ1) is 19.1. The lowest BCUT2D eigenvalue weighted by molar-refractivity contribution is -0.143. The van der Waals surface area contributed by atoms with Crippen LogP contribution in [0.5, 0.6) is 0 Å². The predicted molar refractivity (Wildman–Crippen MR) is 84.4 cm³/mol. The number of carbonyl (C=O) groups is 2. The number of rotatable bonds is 5. The van der Waals surface area contributed by atoms with Gasteiger partial charge in [0.05, 0.1) is 23.6 Å². The second-order valence-corrected chi connectivity index (χ2v) is 7.30. The summed E-state index contributed by atoms with van der Waals surface area (Å²) in [6, 6.07) is 0.686. The van der Waals surface area contributed by atoms with E-state index < -0.39 is 34.5 Å². The number of alkyl carbamates (subject to hydrolysis) is 1. The molecule has 23 heavy (non-hydrogen) atoms. The van der Waals surface area contributed by atoms with E-state index >= 15 is 0 Å². The Morgan fingerprint density at radius 2 is 2.04 bits per heavy atom. The number of esters is 1. The van der Waals surface area contributed by atoms with Gasteiger partial charge in [-0.25, -0.2) is 9.59 Å². The molecule has 1 amide bonds. The van der Waals surface area contributed by atoms with Crippen molar-refractivity contribution in [2.24, 2.45) is 7.05 Å². The van der Waals surface area contributed by atoms with Crippen molar-refractivity contribution < 1.29 is 23.3 Å². The minimum atomic E-state index is -1.20. The summed E-state index contributed by atoms with van der Waals surface area (Å²) in [5, 5.41) is 7.19. The zero-order valence-electron chi connectivity index (χ0n) is 14.2. The van der Waals surface area contributed by atoms with Gasteiger partial charge in [-0.2, -0.15) is 5.10 Å². The van der Waals surface area contributed by atoms with Gasteiger partial charge in [-0.3, -0.25) is 8.89 Å². The van der Waals surface area contributed by atoms with Crippen LogP contribution in [0.3, 0.4) is 0 Å². The molecule has 1 heterocycles. The molecule has 0 aliphatic rings. The number of carbonyl (C=O) groups excluding carboxylic acids is 2. The van der Waals surface area contributed by atoms with E-state index in [1.165, 1.54) is 18.0 Å². The molecule has 1 aromatic rings. The van der Waals surface area contributed by atoms with E-state index in [9.17, 15) is 13.8 Å². The molecule has 0 fully saturated rings. The predicted octanol–water partition coefficient (Wildman–Crippen LogP) is 0.766. The first-order valence-corrected chi connectivity index (χ1v) is 8.53. The van der Waals surface area contributed by atoms with Crippen LogP contribution in [0.25, 0.3) is 0 Å². The number of hydrogen-bond acceptors (Lipinski definition) is 6. The van der Waals surface area contributed by atoms with Crippen LogP contribution < -0.4 is 5.32 Å². The number of amides is 1. The largest absolute Gasteiger partial charge is 0.467 e. The molecule has 1 N–H and O–H groups in total. The Bertz CT molecular complexity index is 606. The van der Waals surface area contributed by atoms with Crippen LogP contribution in [0.15, 0.2) is 11.1 Å². The first-order chi connectivity index (χ1) is 10.5. The third-order valence-corrected chi connectivity index (χ3v) is 3.74. The van der Waals surface area contributed by atoms with Gasteiger partial charge in [0.15, 0.2) is 0 Å². The van der Waals surface area contributed by atoms with Crippen molar-refractivity contribution in [2.45, 2.75) is 43.9 Å². The summed E-state index contributed by atoms with van der Waals surface area (Å²) < 4.78 is 22.9. The van der Waals surface area contributed by atoms with Crippen molar-refractivity contribution in [3.8, 4) is 0 Å². The Morgan fingerprint density at radius 3 is 2.48 bits per heavy atom. The zero-order valence-corrected chi connectivity index (χ0v) is 15.0. The SMILES string of the molecule is COC(=O)C(Cc1cc([S@](C)=O)n(C)n1)NC(=O)OC(C)(C)C. The summed E-state index contributed by atoms with van der Waals surface area (Å²) in [4.78, 5) is 23.7. The van der Waals surface area contributed by atoms with Gasteiger partial charge in [0, 0.05) is 19.7 Å². The second-order valence-electron chi connectivity index (χ2n) is 5.98. The van der Waals surface area contributed by atoms with Crippen molar-refractivity contribution in [1.29, 1.82) is 0 Å². The van der Waals surface area contributed by atoms with Crippen molar-refractivity contribution in [2.75, 3.05) is 13.4 Å². The van der Waals surface area contributed by atoms with E-state index in [1.54, 1.807) is 33.9 Å². The lowest BCUT2D eigenvalue weighted by Crippen LogP contribution is -2.45. The Kier molecular flexibility index (Phi) is 6.31. The van der Waals surface area contributed by atoms with Crippen LogP contribution in [0.1, 0.15) is 26.5 Å². The molecule has 0 saturated heterocycles. The Hall–Kier alpha value is -1.90. The molecule has 1 rings (SSSR count). The summed E-state index contributed by atoms with van der Waals surface area (Å²) in [6.07, 6.45) is 0.928. The van der Waals surface area contributed by atoms with Gasteiger partial charge in [-0.15, -0.1) is 0 Å². The molecule has 2 atom stereocenters. The van der Waals surface area contributed by atoms with E-state index in [0.717, 1.165) is 0 Å². The number of nitrogens with one attached hydrogen (secondary N) is 1. The second kappa shape index (κ2) is 7.58. The molecule has 0 radical (unpaired) electrons. The smallest absolute Gasteiger partial charge is 0.408 e. The first-order valence-electron chi connectivity index (χ1n) is 6.97. The highest BCUT2D eigenvalue weighted by Crippen LogP contribution is 2.11. The van der Waals surface area contributed by atoms with E-state index in [1.807, 2.05) is 0 Å². The average Bonchev–Trinajstić information content (AvgIpc) is 2.76. The van der Waals surface area contributed by atoms with Gasteiger partial charge in [0.1, 0.15) is 16.7 Å². The lowest BCUT2D eigenvalue weighted by Gasteiger charge is -2.22. The van der Waals surface area contributed by atoms with Crippen molar-refractivity contribution >= 4 is 22.9 Å². The van der Waals surface area contributed by atoms with Crippen molar-refractivity contribution in [3.05, 3.63) is 11.8 Å². The molecule has 0 spiro atoms. The fourth-order valence-corrected chi connectivity index (χ4v) is 2.58.